The largest absolute Gasteiger partial charge is 0.395 e. The number of thiol groups is 1. The highest BCUT2D eigenvalue weighted by atomic mass is 32.1. The molecule has 0 aliphatic heterocycles. The van der Waals surface area contributed by atoms with Crippen molar-refractivity contribution in [3.05, 3.63) is 0 Å². The highest BCUT2D eigenvalue weighted by molar-refractivity contribution is 7.75. The molecule has 0 heterocycles. The number of unbranched alkanes of at least 4 members (excludes halogenated alkanes) is 1. The molecule has 0 aromatic carbocycles. The van der Waals surface area contributed by atoms with Gasteiger partial charge < -0.3 is 4.18 Å². The Balaban J connectivity index is 2.99. The summed E-state index contributed by atoms with van der Waals surface area (Å²) in [6.45, 7) is 2.02. The summed E-state index contributed by atoms with van der Waals surface area (Å²) >= 11 is 3.34. The number of carbonyl (C=O) groups is 1. The average molecular weight is 134 g/mol. The molecule has 0 saturated carbocycles. The Morgan fingerprint density at radius 1 is 1.75 bits per heavy atom. The second kappa shape index (κ2) is 4.97. The lowest BCUT2D eigenvalue weighted by Gasteiger charge is -1.91. The van der Waals surface area contributed by atoms with Crippen molar-refractivity contribution in [3.63, 3.8) is 0 Å². The lowest BCUT2D eigenvalue weighted by atomic mass is 10.3. The third-order valence-corrected chi connectivity index (χ3v) is 1.04. The topological polar surface area (TPSA) is 26.3 Å². The minimum atomic E-state index is -0.241. The van der Waals surface area contributed by atoms with Crippen molar-refractivity contribution in [2.24, 2.45) is 0 Å². The van der Waals surface area contributed by atoms with Gasteiger partial charge in [-0.05, 0) is 6.42 Å². The maximum absolute atomic E-state index is 10.3. The van der Waals surface area contributed by atoms with Gasteiger partial charge in [0.1, 0.15) is 0 Å². The lowest BCUT2D eigenvalue weighted by molar-refractivity contribution is -0.132. The van der Waals surface area contributed by atoms with Crippen molar-refractivity contribution < 1.29 is 8.98 Å². The molecule has 2 nitrogen and oxygen atoms in total. The summed E-state index contributed by atoms with van der Waals surface area (Å²) in [6, 6.07) is 0. The maximum Gasteiger partial charge on any atom is 0.317 e. The van der Waals surface area contributed by atoms with Crippen LogP contribution in [0.3, 0.4) is 0 Å². The predicted molar refractivity (Wildman–Crippen MR) is 34.6 cm³/mol. The molecule has 0 amide bonds. The van der Waals surface area contributed by atoms with Gasteiger partial charge in [-0.2, -0.15) is 0 Å². The summed E-state index contributed by atoms with van der Waals surface area (Å²) in [6.07, 6.45) is 2.39. The van der Waals surface area contributed by atoms with E-state index in [2.05, 4.69) is 17.1 Å². The van der Waals surface area contributed by atoms with Gasteiger partial charge in [0.25, 0.3) is 0 Å². The SMILES string of the molecule is CCCCC(=O)OS. The number of hydrogen-bond donors (Lipinski definition) is 1. The minimum Gasteiger partial charge on any atom is -0.395 e. The highest BCUT2D eigenvalue weighted by Gasteiger charge is 1.96. The van der Waals surface area contributed by atoms with Gasteiger partial charge in [0.05, 0.1) is 0 Å². The Hall–Kier alpha value is -0.180. The zero-order valence-electron chi connectivity index (χ0n) is 4.89. The summed E-state index contributed by atoms with van der Waals surface area (Å²) in [5, 5.41) is 0. The van der Waals surface area contributed by atoms with E-state index in [4.69, 9.17) is 0 Å². The van der Waals surface area contributed by atoms with Crippen LogP contribution in [0.25, 0.3) is 0 Å². The molecule has 0 unspecified atom stereocenters. The second-order valence-corrected chi connectivity index (χ2v) is 1.75. The van der Waals surface area contributed by atoms with Crippen LogP contribution in [-0.4, -0.2) is 5.97 Å². The van der Waals surface area contributed by atoms with E-state index < -0.39 is 0 Å². The van der Waals surface area contributed by atoms with Crippen LogP contribution in [-0.2, 0) is 8.98 Å². The molecule has 0 aromatic heterocycles. The fourth-order valence-electron chi connectivity index (χ4n) is 0.367. The van der Waals surface area contributed by atoms with Gasteiger partial charge in [0.2, 0.25) is 0 Å². The zero-order valence-corrected chi connectivity index (χ0v) is 5.78. The van der Waals surface area contributed by atoms with Crippen LogP contribution >= 0.6 is 12.9 Å². The Labute approximate surface area is 54.8 Å². The summed E-state index contributed by atoms with van der Waals surface area (Å²) in [4.78, 5) is 10.3. The van der Waals surface area contributed by atoms with E-state index in [1.165, 1.54) is 0 Å². The van der Waals surface area contributed by atoms with E-state index in [0.29, 0.717) is 6.42 Å². The summed E-state index contributed by atoms with van der Waals surface area (Å²) in [7, 11) is 0. The highest BCUT2D eigenvalue weighted by Crippen LogP contribution is 1.96. The molecule has 0 N–H and O–H groups in total. The van der Waals surface area contributed by atoms with Crippen LogP contribution in [0, 0.1) is 0 Å². The molecular weight excluding hydrogens is 124 g/mol. The van der Waals surface area contributed by atoms with Gasteiger partial charge >= 0.3 is 5.97 Å². The Morgan fingerprint density at radius 3 is 2.75 bits per heavy atom. The average Bonchev–Trinajstić information content (AvgIpc) is 1.83. The van der Waals surface area contributed by atoms with Crippen LogP contribution in [0.15, 0.2) is 0 Å². The van der Waals surface area contributed by atoms with E-state index in [1.807, 2.05) is 6.92 Å². The predicted octanol–water partition coefficient (Wildman–Crippen LogP) is 1.56. The van der Waals surface area contributed by atoms with Crippen molar-refractivity contribution in [2.45, 2.75) is 26.2 Å². The second-order valence-electron chi connectivity index (χ2n) is 1.57. The van der Waals surface area contributed by atoms with E-state index >= 15 is 0 Å². The van der Waals surface area contributed by atoms with E-state index in [0.717, 1.165) is 12.8 Å². The zero-order chi connectivity index (χ0) is 6.41. The first-order valence-electron chi connectivity index (χ1n) is 2.65. The fourth-order valence-corrected chi connectivity index (χ4v) is 0.458. The molecule has 48 valence electrons. The molecule has 8 heavy (non-hydrogen) atoms. The summed E-state index contributed by atoms with van der Waals surface area (Å²) in [5.74, 6) is -0.241. The van der Waals surface area contributed by atoms with Crippen molar-refractivity contribution in [3.8, 4) is 0 Å². The smallest absolute Gasteiger partial charge is 0.317 e. The molecule has 0 atom stereocenters. The molecule has 0 spiro atoms. The Bertz CT molecular complexity index is 72.8. The molecule has 0 bridgehead atoms. The Morgan fingerprint density at radius 2 is 2.38 bits per heavy atom. The molecule has 0 saturated heterocycles. The summed E-state index contributed by atoms with van der Waals surface area (Å²) in [5.41, 5.74) is 0. The fraction of sp³-hybridized carbons (Fsp3) is 0.800. The first-order valence-corrected chi connectivity index (χ1v) is 3.02. The van der Waals surface area contributed by atoms with E-state index in [9.17, 15) is 4.79 Å². The van der Waals surface area contributed by atoms with Crippen LogP contribution in [0.1, 0.15) is 26.2 Å². The lowest BCUT2D eigenvalue weighted by Crippen LogP contribution is -1.94. The van der Waals surface area contributed by atoms with Gasteiger partial charge in [-0.15, -0.1) is 0 Å². The minimum absolute atomic E-state index is 0.241. The normalized spacial score (nSPS) is 8.75. The van der Waals surface area contributed by atoms with Crippen LogP contribution in [0.2, 0.25) is 0 Å². The van der Waals surface area contributed by atoms with Crippen molar-refractivity contribution in [2.75, 3.05) is 0 Å². The van der Waals surface area contributed by atoms with E-state index in [-0.39, 0.29) is 5.97 Å². The van der Waals surface area contributed by atoms with Crippen molar-refractivity contribution in [1.82, 2.24) is 0 Å². The first-order chi connectivity index (χ1) is 3.81. The molecule has 0 fully saturated rings. The molecular formula is C5H10O2S. The van der Waals surface area contributed by atoms with Gasteiger partial charge in [-0.25, -0.2) is 0 Å². The van der Waals surface area contributed by atoms with Crippen molar-refractivity contribution >= 4 is 18.9 Å². The Kier molecular flexibility index (Phi) is 4.85. The molecule has 0 radical (unpaired) electrons. The van der Waals surface area contributed by atoms with Crippen LogP contribution in [0.4, 0.5) is 0 Å². The molecule has 3 heteroatoms. The number of carbonyl (C=O) groups excluding carboxylic acids is 1. The van der Waals surface area contributed by atoms with Crippen LogP contribution < -0.4 is 0 Å². The first kappa shape index (κ1) is 7.82. The van der Waals surface area contributed by atoms with Crippen LogP contribution in [0.5, 0.6) is 0 Å². The maximum atomic E-state index is 10.3. The standard InChI is InChI=1S/C5H10O2S/c1-2-3-4-5(6)7-8/h8H,2-4H2,1H3. The van der Waals surface area contributed by atoms with Gasteiger partial charge in [-0.1, -0.05) is 13.3 Å². The third-order valence-electron chi connectivity index (χ3n) is 0.836. The quantitative estimate of drug-likeness (QED) is 0.468. The monoisotopic (exact) mass is 134 g/mol. The molecule has 0 aliphatic rings. The third kappa shape index (κ3) is 3.99. The van der Waals surface area contributed by atoms with Gasteiger partial charge in [-0.3, -0.25) is 4.79 Å². The van der Waals surface area contributed by atoms with Gasteiger partial charge in [0.15, 0.2) is 0 Å². The van der Waals surface area contributed by atoms with E-state index in [1.54, 1.807) is 0 Å². The summed E-state index contributed by atoms with van der Waals surface area (Å²) < 4.78 is 4.11. The molecule has 0 rings (SSSR count). The molecule has 0 aromatic rings. The van der Waals surface area contributed by atoms with Crippen molar-refractivity contribution in [1.29, 1.82) is 0 Å². The molecule has 0 aliphatic carbocycles. The number of hydrogen-bond acceptors (Lipinski definition) is 3. The number of rotatable bonds is 3. The van der Waals surface area contributed by atoms with Gasteiger partial charge in [0, 0.05) is 19.3 Å².